The second-order valence-corrected chi connectivity index (χ2v) is 6.16. The maximum atomic E-state index is 11.1. The molecule has 0 aromatic heterocycles. The van der Waals surface area contributed by atoms with Crippen LogP contribution in [-0.2, 0) is 4.79 Å². The zero-order chi connectivity index (χ0) is 17.2. The van der Waals surface area contributed by atoms with Crippen molar-refractivity contribution in [3.8, 4) is 5.75 Å². The average molecular weight is 460 g/mol. The summed E-state index contributed by atoms with van der Waals surface area (Å²) < 4.78 is 5.65. The molecule has 25 heavy (non-hydrogen) atoms. The van der Waals surface area contributed by atoms with Gasteiger partial charge in [0, 0.05) is 24.7 Å². The van der Waals surface area contributed by atoms with Crippen LogP contribution in [0.3, 0.4) is 0 Å². The number of rotatable bonds is 6. The molecule has 0 unspecified atom stereocenters. The number of nitrogens with one attached hydrogen (secondary N) is 2. The fourth-order valence-corrected chi connectivity index (χ4v) is 2.87. The van der Waals surface area contributed by atoms with Crippen molar-refractivity contribution in [1.29, 1.82) is 0 Å². The van der Waals surface area contributed by atoms with Crippen molar-refractivity contribution in [3.63, 3.8) is 0 Å². The lowest BCUT2D eigenvalue weighted by atomic mass is 10.1. The molecule has 7 heteroatoms. The maximum Gasteiger partial charge on any atom is 0.221 e. The fourth-order valence-electron chi connectivity index (χ4n) is 2.87. The number of guanidine groups is 1. The van der Waals surface area contributed by atoms with E-state index in [9.17, 15) is 4.79 Å². The molecule has 1 aromatic rings. The van der Waals surface area contributed by atoms with Crippen molar-refractivity contribution in [2.24, 2.45) is 10.7 Å². The highest BCUT2D eigenvalue weighted by molar-refractivity contribution is 14.0. The molecule has 0 spiro atoms. The molecular formula is C18H29IN4O2. The number of hydrogen-bond acceptors (Lipinski definition) is 3. The van der Waals surface area contributed by atoms with Crippen LogP contribution in [0.15, 0.2) is 29.3 Å². The monoisotopic (exact) mass is 460 g/mol. The molecule has 1 aliphatic carbocycles. The predicted octanol–water partition coefficient (Wildman–Crippen LogP) is 3.27. The van der Waals surface area contributed by atoms with Crippen molar-refractivity contribution < 1.29 is 9.53 Å². The molecule has 0 atom stereocenters. The molecule has 1 fully saturated rings. The number of nitrogens with two attached hydrogens (primary N) is 1. The summed E-state index contributed by atoms with van der Waals surface area (Å²) in [6, 6.07) is 7.75. The van der Waals surface area contributed by atoms with Gasteiger partial charge in [0.1, 0.15) is 12.4 Å². The summed E-state index contributed by atoms with van der Waals surface area (Å²) in [6.07, 6.45) is 7.50. The predicted molar refractivity (Wildman–Crippen MR) is 113 cm³/mol. The topological polar surface area (TPSA) is 88.7 Å². The summed E-state index contributed by atoms with van der Waals surface area (Å²) in [6.45, 7) is 2.42. The Morgan fingerprint density at radius 2 is 2.00 bits per heavy atom. The lowest BCUT2D eigenvalue weighted by Gasteiger charge is -2.16. The summed E-state index contributed by atoms with van der Waals surface area (Å²) >= 11 is 0. The molecule has 0 radical (unpaired) electrons. The van der Waals surface area contributed by atoms with Gasteiger partial charge in [-0.1, -0.05) is 31.7 Å². The SMILES string of the molecule is CC(=O)Nc1cccc(OCCN=C(N)NC2CCCCCC2)c1.I. The third kappa shape index (κ3) is 8.94. The highest BCUT2D eigenvalue weighted by atomic mass is 127. The van der Waals surface area contributed by atoms with Gasteiger partial charge in [-0.15, -0.1) is 24.0 Å². The molecule has 6 nitrogen and oxygen atoms in total. The van der Waals surface area contributed by atoms with E-state index in [0.717, 1.165) is 5.69 Å². The van der Waals surface area contributed by atoms with Crippen LogP contribution in [0.25, 0.3) is 0 Å². The minimum Gasteiger partial charge on any atom is -0.492 e. The lowest BCUT2D eigenvalue weighted by Crippen LogP contribution is -2.40. The zero-order valence-electron chi connectivity index (χ0n) is 14.8. The largest absolute Gasteiger partial charge is 0.492 e. The number of halogens is 1. The maximum absolute atomic E-state index is 11.1. The van der Waals surface area contributed by atoms with Crippen molar-refractivity contribution in [3.05, 3.63) is 24.3 Å². The molecule has 0 aliphatic heterocycles. The molecule has 1 amide bonds. The first kappa shape index (κ1) is 21.5. The van der Waals surface area contributed by atoms with Gasteiger partial charge in [-0.2, -0.15) is 0 Å². The van der Waals surface area contributed by atoms with Crippen molar-refractivity contribution >= 4 is 41.5 Å². The Bertz CT molecular complexity index is 558. The summed E-state index contributed by atoms with van der Waals surface area (Å²) in [7, 11) is 0. The second kappa shape index (κ2) is 11.9. The Morgan fingerprint density at radius 1 is 1.28 bits per heavy atom. The Kier molecular flexibility index (Phi) is 10.3. The van der Waals surface area contributed by atoms with Gasteiger partial charge in [0.25, 0.3) is 0 Å². The summed E-state index contributed by atoms with van der Waals surface area (Å²) in [4.78, 5) is 15.4. The normalized spacial score (nSPS) is 15.6. The number of carbonyl (C=O) groups is 1. The van der Waals surface area contributed by atoms with Gasteiger partial charge in [-0.3, -0.25) is 4.79 Å². The minimum absolute atomic E-state index is 0. The van der Waals surface area contributed by atoms with Gasteiger partial charge in [-0.05, 0) is 25.0 Å². The Balaban J connectivity index is 0.00000312. The fraction of sp³-hybridized carbons (Fsp3) is 0.556. The van der Waals surface area contributed by atoms with Gasteiger partial charge in [0.2, 0.25) is 5.91 Å². The smallest absolute Gasteiger partial charge is 0.221 e. The minimum atomic E-state index is -0.103. The Hall–Kier alpha value is -1.51. The van der Waals surface area contributed by atoms with E-state index in [1.807, 2.05) is 18.2 Å². The van der Waals surface area contributed by atoms with E-state index in [2.05, 4.69) is 15.6 Å². The number of hydrogen-bond donors (Lipinski definition) is 3. The van der Waals surface area contributed by atoms with Crippen LogP contribution in [-0.4, -0.2) is 31.1 Å². The van der Waals surface area contributed by atoms with Crippen LogP contribution in [0, 0.1) is 0 Å². The summed E-state index contributed by atoms with van der Waals surface area (Å²) in [5.41, 5.74) is 6.67. The highest BCUT2D eigenvalue weighted by Crippen LogP contribution is 2.18. The van der Waals surface area contributed by atoms with Gasteiger partial charge in [0.15, 0.2) is 5.96 Å². The van der Waals surface area contributed by atoms with E-state index < -0.39 is 0 Å². The number of aliphatic imine (C=N–C) groups is 1. The first-order valence-corrected chi connectivity index (χ1v) is 8.70. The van der Waals surface area contributed by atoms with E-state index in [0.29, 0.717) is 30.9 Å². The number of carbonyl (C=O) groups excluding carboxylic acids is 1. The number of anilines is 1. The van der Waals surface area contributed by atoms with Crippen LogP contribution in [0.5, 0.6) is 5.75 Å². The number of nitrogens with zero attached hydrogens (tertiary/aromatic N) is 1. The molecule has 1 saturated carbocycles. The molecule has 0 saturated heterocycles. The first-order chi connectivity index (χ1) is 11.6. The van der Waals surface area contributed by atoms with Gasteiger partial charge >= 0.3 is 0 Å². The van der Waals surface area contributed by atoms with E-state index in [1.165, 1.54) is 45.4 Å². The zero-order valence-corrected chi connectivity index (χ0v) is 17.1. The standard InChI is InChI=1S/C18H28N4O2.HI/c1-14(23)21-16-9-6-10-17(13-16)24-12-11-20-18(19)22-15-7-4-2-3-5-8-15;/h6,9-10,13,15H,2-5,7-8,11-12H2,1H3,(H,21,23)(H3,19,20,22);1H. The molecular weight excluding hydrogens is 431 g/mol. The van der Waals surface area contributed by atoms with Crippen LogP contribution in [0.4, 0.5) is 5.69 Å². The molecule has 0 bridgehead atoms. The second-order valence-electron chi connectivity index (χ2n) is 6.16. The Labute approximate surface area is 167 Å². The first-order valence-electron chi connectivity index (χ1n) is 8.70. The van der Waals surface area contributed by atoms with E-state index in [4.69, 9.17) is 10.5 Å². The van der Waals surface area contributed by atoms with E-state index in [-0.39, 0.29) is 29.9 Å². The Morgan fingerprint density at radius 3 is 2.68 bits per heavy atom. The lowest BCUT2D eigenvalue weighted by molar-refractivity contribution is -0.114. The van der Waals surface area contributed by atoms with Gasteiger partial charge in [0.05, 0.1) is 6.54 Å². The molecule has 1 aliphatic rings. The quantitative estimate of drug-likeness (QED) is 0.200. The van der Waals surface area contributed by atoms with E-state index >= 15 is 0 Å². The molecule has 0 heterocycles. The van der Waals surface area contributed by atoms with Crippen LogP contribution in [0.2, 0.25) is 0 Å². The van der Waals surface area contributed by atoms with Crippen molar-refractivity contribution in [2.75, 3.05) is 18.5 Å². The third-order valence-corrected chi connectivity index (χ3v) is 4.00. The molecule has 140 valence electrons. The number of benzene rings is 1. The number of amides is 1. The van der Waals surface area contributed by atoms with Gasteiger partial charge < -0.3 is 21.1 Å². The highest BCUT2D eigenvalue weighted by Gasteiger charge is 2.12. The third-order valence-electron chi connectivity index (χ3n) is 4.00. The van der Waals surface area contributed by atoms with Crippen LogP contribution >= 0.6 is 24.0 Å². The van der Waals surface area contributed by atoms with Crippen molar-refractivity contribution in [1.82, 2.24) is 5.32 Å². The summed E-state index contributed by atoms with van der Waals surface area (Å²) in [5, 5.41) is 6.04. The summed E-state index contributed by atoms with van der Waals surface area (Å²) in [5.74, 6) is 1.10. The average Bonchev–Trinajstić information content (AvgIpc) is 2.80. The van der Waals surface area contributed by atoms with E-state index in [1.54, 1.807) is 6.07 Å². The molecule has 1 aromatic carbocycles. The van der Waals surface area contributed by atoms with Crippen molar-refractivity contribution in [2.45, 2.75) is 51.5 Å². The van der Waals surface area contributed by atoms with Crippen LogP contribution in [0.1, 0.15) is 45.4 Å². The number of ether oxygens (including phenoxy) is 1. The molecule has 2 rings (SSSR count). The van der Waals surface area contributed by atoms with Crippen LogP contribution < -0.4 is 21.1 Å². The van der Waals surface area contributed by atoms with Gasteiger partial charge in [-0.25, -0.2) is 4.99 Å². The molecule has 4 N–H and O–H groups in total.